The molecule has 1 spiro atoms. The predicted molar refractivity (Wildman–Crippen MR) is 306 cm³/mol. The molecule has 0 aliphatic heterocycles. The second kappa shape index (κ2) is 14.9. The highest BCUT2D eigenvalue weighted by Gasteiger charge is 2.53. The summed E-state index contributed by atoms with van der Waals surface area (Å²) in [5.74, 6) is 0. The number of benzene rings is 11. The molecule has 0 saturated carbocycles. The minimum absolute atomic E-state index is 0.159. The first kappa shape index (κ1) is 40.9. The van der Waals surface area contributed by atoms with Crippen LogP contribution in [0, 0.1) is 0 Å². The highest BCUT2D eigenvalue weighted by Crippen LogP contribution is 2.66. The lowest BCUT2D eigenvalue weighted by molar-refractivity contribution is 0.660. The lowest BCUT2D eigenvalue weighted by atomic mass is 9.70. The van der Waals surface area contributed by atoms with Gasteiger partial charge in [0.25, 0.3) is 0 Å². The molecule has 73 heavy (non-hydrogen) atoms. The number of rotatable bonds is 5. The van der Waals surface area contributed by atoms with Crippen molar-refractivity contribution < 1.29 is 4.42 Å². The molecule has 13 aromatic rings. The summed E-state index contributed by atoms with van der Waals surface area (Å²) in [4.78, 5) is 2.50. The molecule has 0 N–H and O–H groups in total. The largest absolute Gasteiger partial charge is 0.455 e. The van der Waals surface area contributed by atoms with Gasteiger partial charge in [-0.1, -0.05) is 190 Å². The van der Waals surface area contributed by atoms with Gasteiger partial charge in [-0.15, -0.1) is 11.3 Å². The second-order valence-corrected chi connectivity index (χ2v) is 21.8. The Morgan fingerprint density at radius 1 is 0.356 bits per heavy atom. The lowest BCUT2D eigenvalue weighted by Crippen LogP contribution is -2.26. The highest BCUT2D eigenvalue weighted by atomic mass is 32.1. The summed E-state index contributed by atoms with van der Waals surface area (Å²) in [6, 6.07) is 88.6. The van der Waals surface area contributed by atoms with Gasteiger partial charge in [0.05, 0.1) is 5.41 Å². The fourth-order valence-electron chi connectivity index (χ4n) is 13.5. The summed E-state index contributed by atoms with van der Waals surface area (Å²) in [5.41, 5.74) is 24.8. The van der Waals surface area contributed by atoms with E-state index in [9.17, 15) is 0 Å². The van der Waals surface area contributed by atoms with Gasteiger partial charge in [-0.2, -0.15) is 0 Å². The molecule has 16 rings (SSSR count). The molecule has 11 aromatic carbocycles. The van der Waals surface area contributed by atoms with Crippen LogP contribution in [0.4, 0.5) is 17.1 Å². The predicted octanol–water partition coefficient (Wildman–Crippen LogP) is 19.4. The van der Waals surface area contributed by atoms with E-state index in [4.69, 9.17) is 4.42 Å². The maximum Gasteiger partial charge on any atom is 0.143 e. The average molecular weight is 948 g/mol. The van der Waals surface area contributed by atoms with Gasteiger partial charge < -0.3 is 9.32 Å². The van der Waals surface area contributed by atoms with Gasteiger partial charge in [0.15, 0.2) is 0 Å². The quantitative estimate of drug-likeness (QED) is 0.171. The van der Waals surface area contributed by atoms with Crippen LogP contribution in [0.1, 0.15) is 47.2 Å². The smallest absolute Gasteiger partial charge is 0.143 e. The van der Waals surface area contributed by atoms with Crippen molar-refractivity contribution in [2.24, 2.45) is 0 Å². The first-order valence-electron chi connectivity index (χ1n) is 25.4. The van der Waals surface area contributed by atoms with E-state index < -0.39 is 5.41 Å². The Hall–Kier alpha value is -8.76. The summed E-state index contributed by atoms with van der Waals surface area (Å²) >= 11 is 1.90. The molecule has 2 nitrogen and oxygen atoms in total. The van der Waals surface area contributed by atoms with E-state index in [1.807, 2.05) is 11.3 Å². The number of nitrogens with zero attached hydrogens (tertiary/aromatic N) is 1. The molecule has 2 aromatic heterocycles. The topological polar surface area (TPSA) is 16.4 Å². The van der Waals surface area contributed by atoms with Crippen molar-refractivity contribution in [3.63, 3.8) is 0 Å². The number of furan rings is 1. The van der Waals surface area contributed by atoms with Crippen molar-refractivity contribution in [2.75, 3.05) is 4.90 Å². The Morgan fingerprint density at radius 2 is 0.932 bits per heavy atom. The van der Waals surface area contributed by atoms with Crippen LogP contribution >= 0.6 is 11.3 Å². The molecule has 0 radical (unpaired) electrons. The minimum Gasteiger partial charge on any atom is -0.455 e. The van der Waals surface area contributed by atoms with Crippen molar-refractivity contribution in [1.82, 2.24) is 0 Å². The van der Waals surface area contributed by atoms with Crippen molar-refractivity contribution in [3.05, 3.63) is 270 Å². The fraction of sp³-hybridized carbons (Fsp3) is 0.0571. The van der Waals surface area contributed by atoms with Gasteiger partial charge in [0.1, 0.15) is 11.2 Å². The molecule has 1 atom stereocenters. The maximum absolute atomic E-state index is 6.74. The third-order valence-electron chi connectivity index (χ3n) is 16.7. The fourth-order valence-corrected chi connectivity index (χ4v) is 14.6. The molecule has 342 valence electrons. The van der Waals surface area contributed by atoms with Crippen LogP contribution in [0.25, 0.3) is 97.7 Å². The average Bonchev–Trinajstić information content (AvgIpc) is 4.23. The number of fused-ring (bicyclic) bond motifs is 20. The number of para-hydroxylation sites is 2. The van der Waals surface area contributed by atoms with Gasteiger partial charge in [-0.25, -0.2) is 0 Å². The zero-order valence-electron chi connectivity index (χ0n) is 40.3. The van der Waals surface area contributed by atoms with Gasteiger partial charge in [-0.05, 0) is 144 Å². The first-order valence-corrected chi connectivity index (χ1v) is 26.2. The maximum atomic E-state index is 6.74. The zero-order valence-corrected chi connectivity index (χ0v) is 41.1. The van der Waals surface area contributed by atoms with E-state index in [2.05, 4.69) is 255 Å². The van der Waals surface area contributed by atoms with Crippen LogP contribution in [0.2, 0.25) is 0 Å². The number of hydrogen-bond donors (Lipinski definition) is 0. The standard InChI is InChI=1S/C70H45NOS/c1-69(2)57-23-10-6-17-49(57)50-35-32-46(40-60(50)69)71(45-30-27-43(28-31-45)42-15-4-3-5-16-42)47-33-36-52-51-34-29-44(48-21-14-22-54-53-18-8-12-25-63(53)72-68(48)54)39-61(51)70(62(52)41-47)58-24-11-7-19-55(58)66-59(70)37-38-65-67(66)56-20-9-13-26-64(56)73-65/h3-41H,1-2H3. The SMILES string of the molecule is CC1(C)c2ccccc2-c2ccc(N(c3ccc(-c4ccccc4)cc3)c3ccc4c(c3)C3(c5cc(-c6cccc7c6oc6ccccc67)ccc5-4)c4ccccc4-c4c3ccc3sc5ccccc5c43)cc21. The third-order valence-corrected chi connectivity index (χ3v) is 17.8. The summed E-state index contributed by atoms with van der Waals surface area (Å²) in [7, 11) is 0. The van der Waals surface area contributed by atoms with E-state index in [-0.39, 0.29) is 5.41 Å². The summed E-state index contributed by atoms with van der Waals surface area (Å²) < 4.78 is 9.37. The highest BCUT2D eigenvalue weighted by molar-refractivity contribution is 7.26. The number of thiophene rings is 1. The molecular formula is C70H45NOS. The molecule has 0 saturated heterocycles. The molecule has 3 heteroatoms. The van der Waals surface area contributed by atoms with Crippen molar-refractivity contribution >= 4 is 70.5 Å². The van der Waals surface area contributed by atoms with Gasteiger partial charge in [-0.3, -0.25) is 0 Å². The van der Waals surface area contributed by atoms with Crippen molar-refractivity contribution in [1.29, 1.82) is 0 Å². The van der Waals surface area contributed by atoms with Crippen LogP contribution in [-0.2, 0) is 10.8 Å². The van der Waals surface area contributed by atoms with Crippen LogP contribution in [0.15, 0.2) is 241 Å². The van der Waals surface area contributed by atoms with E-state index in [1.54, 1.807) is 0 Å². The van der Waals surface area contributed by atoms with E-state index in [1.165, 1.54) is 98.1 Å². The first-order chi connectivity index (χ1) is 35.9. The van der Waals surface area contributed by atoms with Crippen LogP contribution in [0.5, 0.6) is 0 Å². The van der Waals surface area contributed by atoms with E-state index >= 15 is 0 Å². The molecule has 3 aliphatic carbocycles. The van der Waals surface area contributed by atoms with Gasteiger partial charge in [0, 0.05) is 59.0 Å². The second-order valence-electron chi connectivity index (χ2n) is 20.7. The Morgan fingerprint density at radius 3 is 1.75 bits per heavy atom. The third kappa shape index (κ3) is 5.52. The Kier molecular flexibility index (Phi) is 8.35. The lowest BCUT2D eigenvalue weighted by Gasteiger charge is -2.33. The summed E-state index contributed by atoms with van der Waals surface area (Å²) in [5, 5.41) is 4.93. The van der Waals surface area contributed by atoms with E-state index in [0.29, 0.717) is 0 Å². The van der Waals surface area contributed by atoms with Gasteiger partial charge >= 0.3 is 0 Å². The Bertz CT molecular complexity index is 4480. The van der Waals surface area contributed by atoms with Crippen LogP contribution < -0.4 is 4.90 Å². The molecule has 3 aliphatic rings. The summed E-state index contributed by atoms with van der Waals surface area (Å²) in [6.45, 7) is 4.75. The normalized spacial score (nSPS) is 15.4. The van der Waals surface area contributed by atoms with E-state index in [0.717, 1.165) is 50.1 Å². The molecular weight excluding hydrogens is 903 g/mol. The van der Waals surface area contributed by atoms with Crippen molar-refractivity contribution in [2.45, 2.75) is 24.7 Å². The van der Waals surface area contributed by atoms with Gasteiger partial charge in [0.2, 0.25) is 0 Å². The zero-order chi connectivity index (χ0) is 48.2. The summed E-state index contributed by atoms with van der Waals surface area (Å²) in [6.07, 6.45) is 0. The molecule has 0 amide bonds. The Labute approximate surface area is 427 Å². The Balaban J connectivity index is 0.968. The van der Waals surface area contributed by atoms with Crippen LogP contribution in [0.3, 0.4) is 0 Å². The molecule has 1 unspecified atom stereocenters. The van der Waals surface area contributed by atoms with Crippen LogP contribution in [-0.4, -0.2) is 0 Å². The van der Waals surface area contributed by atoms with Crippen molar-refractivity contribution in [3.8, 4) is 55.6 Å². The monoisotopic (exact) mass is 947 g/mol. The molecule has 0 bridgehead atoms. The number of anilines is 3. The minimum atomic E-state index is -0.633. The molecule has 2 heterocycles. The number of hydrogen-bond acceptors (Lipinski definition) is 3. The molecule has 0 fully saturated rings.